The molecule has 0 aromatic carbocycles. The highest BCUT2D eigenvalue weighted by molar-refractivity contribution is 5.66. The molecule has 0 bridgehead atoms. The normalized spacial score (nSPS) is 12.9. The smallest absolute Gasteiger partial charge is 0.303 e. The quantitative estimate of drug-likeness (QED) is 0.563. The molecule has 0 saturated carbocycles. The predicted octanol–water partition coefficient (Wildman–Crippen LogP) is 1.38. The van der Waals surface area contributed by atoms with E-state index in [-0.39, 0.29) is 12.0 Å². The molecule has 0 amide bonds. The van der Waals surface area contributed by atoms with Crippen LogP contribution >= 0.6 is 0 Å². The molecule has 0 heterocycles. The number of carboxylic acid groups (broad SMARTS) is 1. The number of rotatable bonds is 7. The molecular formula is C11H23NO3. The van der Waals surface area contributed by atoms with Gasteiger partial charge in [-0.2, -0.15) is 0 Å². The van der Waals surface area contributed by atoms with E-state index in [0.717, 1.165) is 13.0 Å². The molecule has 3 N–H and O–H groups in total. The van der Waals surface area contributed by atoms with E-state index in [1.165, 1.54) is 0 Å². The molecule has 0 spiro atoms. The number of carbonyl (C=O) groups is 1. The fourth-order valence-electron chi connectivity index (χ4n) is 1.02. The lowest BCUT2D eigenvalue weighted by Gasteiger charge is -2.38. The third-order valence-electron chi connectivity index (χ3n) is 2.91. The number of hydrogen-bond donors (Lipinski definition) is 3. The Labute approximate surface area is 91.7 Å². The van der Waals surface area contributed by atoms with Crippen LogP contribution in [0.5, 0.6) is 0 Å². The second-order valence-electron chi connectivity index (χ2n) is 4.96. The molecule has 0 unspecified atom stereocenters. The van der Waals surface area contributed by atoms with E-state index >= 15 is 0 Å². The molecule has 0 aliphatic heterocycles. The Hall–Kier alpha value is -0.610. The summed E-state index contributed by atoms with van der Waals surface area (Å²) in [6.45, 7) is 8.12. The minimum absolute atomic E-state index is 0.213. The van der Waals surface area contributed by atoms with E-state index in [1.54, 1.807) is 13.8 Å². The van der Waals surface area contributed by atoms with E-state index in [4.69, 9.17) is 5.11 Å². The van der Waals surface area contributed by atoms with Crippen LogP contribution in [0.15, 0.2) is 0 Å². The van der Waals surface area contributed by atoms with Gasteiger partial charge in [-0.15, -0.1) is 0 Å². The maximum absolute atomic E-state index is 10.3. The van der Waals surface area contributed by atoms with Crippen LogP contribution in [-0.4, -0.2) is 33.9 Å². The lowest BCUT2D eigenvalue weighted by atomic mass is 9.86. The van der Waals surface area contributed by atoms with Gasteiger partial charge >= 0.3 is 5.97 Å². The summed E-state index contributed by atoms with van der Waals surface area (Å²) in [5.74, 6) is -0.753. The number of aliphatic carboxylic acids is 1. The SMILES string of the molecule is CC(C)(O)C(C)(C)NCCCCC(=O)O. The summed E-state index contributed by atoms with van der Waals surface area (Å²) in [6.07, 6.45) is 1.70. The minimum atomic E-state index is -0.792. The average molecular weight is 217 g/mol. The zero-order chi connectivity index (χ0) is 12.1. The van der Waals surface area contributed by atoms with Crippen molar-refractivity contribution in [3.63, 3.8) is 0 Å². The fourth-order valence-corrected chi connectivity index (χ4v) is 1.02. The number of carboxylic acids is 1. The Kier molecular flexibility index (Phi) is 5.24. The summed E-state index contributed by atoms with van der Waals surface area (Å²) in [5, 5.41) is 21.5. The Bertz CT molecular complexity index is 206. The average Bonchev–Trinajstić information content (AvgIpc) is 2.00. The summed E-state index contributed by atoms with van der Waals surface area (Å²) < 4.78 is 0. The predicted molar refractivity (Wildman–Crippen MR) is 59.9 cm³/mol. The van der Waals surface area contributed by atoms with Gasteiger partial charge in [-0.3, -0.25) is 4.79 Å². The van der Waals surface area contributed by atoms with Crippen molar-refractivity contribution in [1.29, 1.82) is 0 Å². The van der Waals surface area contributed by atoms with E-state index in [2.05, 4.69) is 5.32 Å². The topological polar surface area (TPSA) is 69.6 Å². The number of hydrogen-bond acceptors (Lipinski definition) is 3. The van der Waals surface area contributed by atoms with Crippen LogP contribution in [0.2, 0.25) is 0 Å². The number of unbranched alkanes of at least 4 members (excludes halogenated alkanes) is 1. The fraction of sp³-hybridized carbons (Fsp3) is 0.909. The molecule has 90 valence electrons. The first-order chi connectivity index (χ1) is 6.67. The summed E-state index contributed by atoms with van der Waals surface area (Å²) in [5.41, 5.74) is -1.16. The molecule has 0 aliphatic rings. The molecule has 4 heteroatoms. The Morgan fingerprint density at radius 3 is 2.13 bits per heavy atom. The third kappa shape index (κ3) is 5.74. The molecule has 0 aromatic rings. The maximum atomic E-state index is 10.3. The van der Waals surface area contributed by atoms with Gasteiger partial charge in [-0.25, -0.2) is 0 Å². The Balaban J connectivity index is 3.72. The first-order valence-corrected chi connectivity index (χ1v) is 5.36. The van der Waals surface area contributed by atoms with Gasteiger partial charge in [-0.05, 0) is 47.1 Å². The van der Waals surface area contributed by atoms with E-state index < -0.39 is 11.6 Å². The summed E-state index contributed by atoms with van der Waals surface area (Å²) in [7, 11) is 0. The van der Waals surface area contributed by atoms with Gasteiger partial charge in [0.1, 0.15) is 0 Å². The van der Waals surface area contributed by atoms with Crippen LogP contribution in [0.25, 0.3) is 0 Å². The van der Waals surface area contributed by atoms with Gasteiger partial charge in [0.15, 0.2) is 0 Å². The molecular weight excluding hydrogens is 194 g/mol. The highest BCUT2D eigenvalue weighted by atomic mass is 16.4. The maximum Gasteiger partial charge on any atom is 0.303 e. The van der Waals surface area contributed by atoms with Crippen LogP contribution in [0.1, 0.15) is 47.0 Å². The molecule has 0 radical (unpaired) electrons. The molecule has 0 aromatic heterocycles. The van der Waals surface area contributed by atoms with Crippen LogP contribution in [0, 0.1) is 0 Å². The monoisotopic (exact) mass is 217 g/mol. The highest BCUT2D eigenvalue weighted by Crippen LogP contribution is 2.20. The molecule has 0 fully saturated rings. The largest absolute Gasteiger partial charge is 0.481 e. The minimum Gasteiger partial charge on any atom is -0.481 e. The Morgan fingerprint density at radius 1 is 1.20 bits per heavy atom. The lowest BCUT2D eigenvalue weighted by molar-refractivity contribution is -0.137. The van der Waals surface area contributed by atoms with Crippen molar-refractivity contribution in [2.75, 3.05) is 6.54 Å². The van der Waals surface area contributed by atoms with Gasteiger partial charge in [0, 0.05) is 12.0 Å². The van der Waals surface area contributed by atoms with Crippen molar-refractivity contribution >= 4 is 5.97 Å². The van der Waals surface area contributed by atoms with Crippen LogP contribution in [0.3, 0.4) is 0 Å². The van der Waals surface area contributed by atoms with Crippen molar-refractivity contribution in [2.45, 2.75) is 58.1 Å². The second kappa shape index (κ2) is 5.47. The first kappa shape index (κ1) is 14.4. The summed E-state index contributed by atoms with van der Waals surface area (Å²) in [4.78, 5) is 10.3. The van der Waals surface area contributed by atoms with Crippen LogP contribution in [-0.2, 0) is 4.79 Å². The highest BCUT2D eigenvalue weighted by Gasteiger charge is 2.33. The van der Waals surface area contributed by atoms with Crippen molar-refractivity contribution in [3.05, 3.63) is 0 Å². The van der Waals surface area contributed by atoms with Crippen LogP contribution < -0.4 is 5.32 Å². The molecule has 4 nitrogen and oxygen atoms in total. The van der Waals surface area contributed by atoms with Gasteiger partial charge in [0.05, 0.1) is 5.60 Å². The molecule has 0 atom stereocenters. The van der Waals surface area contributed by atoms with Crippen molar-refractivity contribution < 1.29 is 15.0 Å². The zero-order valence-corrected chi connectivity index (χ0v) is 10.1. The van der Waals surface area contributed by atoms with Crippen molar-refractivity contribution in [3.8, 4) is 0 Å². The lowest BCUT2D eigenvalue weighted by Crippen LogP contribution is -2.56. The van der Waals surface area contributed by atoms with Crippen molar-refractivity contribution in [2.24, 2.45) is 0 Å². The van der Waals surface area contributed by atoms with Gasteiger partial charge < -0.3 is 15.5 Å². The molecule has 15 heavy (non-hydrogen) atoms. The van der Waals surface area contributed by atoms with Crippen LogP contribution in [0.4, 0.5) is 0 Å². The van der Waals surface area contributed by atoms with E-state index in [0.29, 0.717) is 6.42 Å². The summed E-state index contributed by atoms with van der Waals surface area (Å²) in [6, 6.07) is 0. The number of aliphatic hydroxyl groups is 1. The molecule has 0 aliphatic carbocycles. The Morgan fingerprint density at radius 2 is 1.73 bits per heavy atom. The zero-order valence-electron chi connectivity index (χ0n) is 10.1. The molecule has 0 rings (SSSR count). The standard InChI is InChI=1S/C11H23NO3/c1-10(2,11(3,4)15)12-8-6-5-7-9(13)14/h12,15H,5-8H2,1-4H3,(H,13,14). The summed E-state index contributed by atoms with van der Waals surface area (Å²) >= 11 is 0. The number of nitrogens with one attached hydrogen (secondary N) is 1. The van der Waals surface area contributed by atoms with Gasteiger partial charge in [0.25, 0.3) is 0 Å². The van der Waals surface area contributed by atoms with Gasteiger partial charge in [0.2, 0.25) is 0 Å². The third-order valence-corrected chi connectivity index (χ3v) is 2.91. The second-order valence-corrected chi connectivity index (χ2v) is 4.96. The molecule has 0 saturated heterocycles. The van der Waals surface area contributed by atoms with Crippen molar-refractivity contribution in [1.82, 2.24) is 5.32 Å². The van der Waals surface area contributed by atoms with E-state index in [9.17, 15) is 9.90 Å². The van der Waals surface area contributed by atoms with Gasteiger partial charge in [-0.1, -0.05) is 0 Å². The van der Waals surface area contributed by atoms with E-state index in [1.807, 2.05) is 13.8 Å². The first-order valence-electron chi connectivity index (χ1n) is 5.36.